The molecule has 5 heteroatoms. The van der Waals surface area contributed by atoms with Crippen LogP contribution < -0.4 is 15.2 Å². The number of rotatable bonds is 6. The van der Waals surface area contributed by atoms with Crippen LogP contribution >= 0.6 is 0 Å². The average Bonchev–Trinajstić information content (AvgIpc) is 2.47. The minimum absolute atomic E-state index is 0.0103. The Kier molecular flexibility index (Phi) is 5.90. The zero-order valence-corrected chi connectivity index (χ0v) is 12.4. The standard InChI is InChI=1S/C15H21NO4/c1-5-6-10-7-8-11(9-12(16)15(17)20-4)14(19-3)13(10)18-2/h7-9H,5-6,16H2,1-4H3/b12-9-. The molecule has 0 saturated heterocycles. The molecule has 1 aromatic carbocycles. The fraction of sp³-hybridized carbons (Fsp3) is 0.400. The number of nitrogens with two attached hydrogens (primary N) is 1. The molecule has 0 amide bonds. The van der Waals surface area contributed by atoms with E-state index in [1.165, 1.54) is 13.2 Å². The summed E-state index contributed by atoms with van der Waals surface area (Å²) >= 11 is 0. The Bertz CT molecular complexity index is 509. The van der Waals surface area contributed by atoms with Gasteiger partial charge < -0.3 is 19.9 Å². The van der Waals surface area contributed by atoms with Crippen molar-refractivity contribution in [1.82, 2.24) is 0 Å². The summed E-state index contributed by atoms with van der Waals surface area (Å²) in [5, 5.41) is 0. The molecule has 20 heavy (non-hydrogen) atoms. The second-order valence-corrected chi connectivity index (χ2v) is 4.22. The summed E-state index contributed by atoms with van der Waals surface area (Å²) in [5.74, 6) is 0.648. The highest BCUT2D eigenvalue weighted by molar-refractivity contribution is 5.93. The molecule has 0 aliphatic heterocycles. The predicted octanol–water partition coefficient (Wildman–Crippen LogP) is 2.13. The molecule has 0 bridgehead atoms. The highest BCUT2D eigenvalue weighted by Gasteiger charge is 2.15. The van der Waals surface area contributed by atoms with Crippen molar-refractivity contribution in [2.24, 2.45) is 5.73 Å². The molecule has 0 atom stereocenters. The zero-order valence-electron chi connectivity index (χ0n) is 12.4. The van der Waals surface area contributed by atoms with Gasteiger partial charge in [-0.25, -0.2) is 4.79 Å². The van der Waals surface area contributed by atoms with E-state index in [2.05, 4.69) is 11.7 Å². The quantitative estimate of drug-likeness (QED) is 0.638. The number of carbonyl (C=O) groups is 1. The van der Waals surface area contributed by atoms with Gasteiger partial charge in [0.25, 0.3) is 0 Å². The third-order valence-corrected chi connectivity index (χ3v) is 2.88. The van der Waals surface area contributed by atoms with Gasteiger partial charge in [0.15, 0.2) is 11.5 Å². The van der Waals surface area contributed by atoms with Gasteiger partial charge in [0.2, 0.25) is 0 Å². The molecule has 5 nitrogen and oxygen atoms in total. The van der Waals surface area contributed by atoms with Gasteiger partial charge in [-0.15, -0.1) is 0 Å². The molecule has 0 aliphatic rings. The van der Waals surface area contributed by atoms with Crippen LogP contribution in [0.2, 0.25) is 0 Å². The lowest BCUT2D eigenvalue weighted by Gasteiger charge is -2.15. The van der Waals surface area contributed by atoms with E-state index in [1.54, 1.807) is 14.2 Å². The number of ether oxygens (including phenoxy) is 3. The summed E-state index contributed by atoms with van der Waals surface area (Å²) in [4.78, 5) is 11.4. The third-order valence-electron chi connectivity index (χ3n) is 2.88. The van der Waals surface area contributed by atoms with Crippen molar-refractivity contribution >= 4 is 12.0 Å². The Morgan fingerprint density at radius 2 is 1.85 bits per heavy atom. The maximum absolute atomic E-state index is 11.4. The van der Waals surface area contributed by atoms with Crippen molar-refractivity contribution in [1.29, 1.82) is 0 Å². The fourth-order valence-corrected chi connectivity index (χ4v) is 1.98. The lowest BCUT2D eigenvalue weighted by atomic mass is 10.0. The van der Waals surface area contributed by atoms with Gasteiger partial charge >= 0.3 is 5.97 Å². The van der Waals surface area contributed by atoms with E-state index in [0.717, 1.165) is 18.4 Å². The molecular formula is C15H21NO4. The van der Waals surface area contributed by atoms with Gasteiger partial charge in [-0.05, 0) is 18.1 Å². The number of carbonyl (C=O) groups excluding carboxylic acids is 1. The van der Waals surface area contributed by atoms with E-state index in [-0.39, 0.29) is 5.70 Å². The fourth-order valence-electron chi connectivity index (χ4n) is 1.98. The van der Waals surface area contributed by atoms with Crippen LogP contribution in [0.5, 0.6) is 11.5 Å². The minimum atomic E-state index is -0.580. The van der Waals surface area contributed by atoms with E-state index in [1.807, 2.05) is 12.1 Å². The normalized spacial score (nSPS) is 11.1. The van der Waals surface area contributed by atoms with Crippen molar-refractivity contribution in [3.8, 4) is 11.5 Å². The van der Waals surface area contributed by atoms with Gasteiger partial charge in [0.1, 0.15) is 5.70 Å². The summed E-state index contributed by atoms with van der Waals surface area (Å²) < 4.78 is 15.4. The van der Waals surface area contributed by atoms with Crippen molar-refractivity contribution < 1.29 is 19.0 Å². The smallest absolute Gasteiger partial charge is 0.353 e. The molecule has 0 fully saturated rings. The first-order chi connectivity index (χ1) is 9.58. The van der Waals surface area contributed by atoms with Crippen LogP contribution in [-0.2, 0) is 16.0 Å². The second-order valence-electron chi connectivity index (χ2n) is 4.22. The first kappa shape index (κ1) is 15.9. The highest BCUT2D eigenvalue weighted by Crippen LogP contribution is 2.36. The number of aryl methyl sites for hydroxylation is 1. The molecule has 2 N–H and O–H groups in total. The Hall–Kier alpha value is -2.17. The summed E-state index contributed by atoms with van der Waals surface area (Å²) in [7, 11) is 4.43. The Labute approximate surface area is 119 Å². The molecular weight excluding hydrogens is 258 g/mol. The number of methoxy groups -OCH3 is 3. The highest BCUT2D eigenvalue weighted by atomic mass is 16.5. The summed E-state index contributed by atoms with van der Waals surface area (Å²) in [5.41, 5.74) is 7.40. The van der Waals surface area contributed by atoms with Gasteiger partial charge in [-0.1, -0.05) is 25.5 Å². The Morgan fingerprint density at radius 1 is 1.20 bits per heavy atom. The maximum Gasteiger partial charge on any atom is 0.353 e. The van der Waals surface area contributed by atoms with Crippen molar-refractivity contribution in [2.75, 3.05) is 21.3 Å². The number of esters is 1. The van der Waals surface area contributed by atoms with Gasteiger partial charge in [-0.2, -0.15) is 0 Å². The van der Waals surface area contributed by atoms with E-state index in [9.17, 15) is 4.79 Å². The van der Waals surface area contributed by atoms with E-state index < -0.39 is 5.97 Å². The molecule has 1 rings (SSSR count). The summed E-state index contributed by atoms with van der Waals surface area (Å²) in [6, 6.07) is 3.80. The molecule has 0 heterocycles. The van der Waals surface area contributed by atoms with Gasteiger partial charge in [0, 0.05) is 5.56 Å². The van der Waals surface area contributed by atoms with Crippen LogP contribution in [-0.4, -0.2) is 27.3 Å². The molecule has 0 unspecified atom stereocenters. The van der Waals surface area contributed by atoms with Crippen molar-refractivity contribution in [3.05, 3.63) is 29.0 Å². The third kappa shape index (κ3) is 3.44. The molecule has 0 aliphatic carbocycles. The van der Waals surface area contributed by atoms with Crippen LogP contribution in [0.15, 0.2) is 17.8 Å². The second kappa shape index (κ2) is 7.43. The molecule has 1 aromatic rings. The van der Waals surface area contributed by atoms with Crippen LogP contribution in [0.1, 0.15) is 24.5 Å². The average molecular weight is 279 g/mol. The molecule has 110 valence electrons. The van der Waals surface area contributed by atoms with Crippen molar-refractivity contribution in [3.63, 3.8) is 0 Å². The topological polar surface area (TPSA) is 70.8 Å². The predicted molar refractivity (Wildman–Crippen MR) is 77.7 cm³/mol. The lowest BCUT2D eigenvalue weighted by Crippen LogP contribution is -2.12. The molecule has 0 aromatic heterocycles. The van der Waals surface area contributed by atoms with E-state index >= 15 is 0 Å². The van der Waals surface area contributed by atoms with Crippen molar-refractivity contribution in [2.45, 2.75) is 19.8 Å². The van der Waals surface area contributed by atoms with Crippen LogP contribution in [0.25, 0.3) is 6.08 Å². The van der Waals surface area contributed by atoms with E-state index in [4.69, 9.17) is 15.2 Å². The van der Waals surface area contributed by atoms with Gasteiger partial charge in [-0.3, -0.25) is 0 Å². The lowest BCUT2D eigenvalue weighted by molar-refractivity contribution is -0.136. The number of hydrogen-bond donors (Lipinski definition) is 1. The summed E-state index contributed by atoms with van der Waals surface area (Å²) in [6.45, 7) is 2.09. The van der Waals surface area contributed by atoms with Crippen LogP contribution in [0.4, 0.5) is 0 Å². The zero-order chi connectivity index (χ0) is 15.1. The maximum atomic E-state index is 11.4. The first-order valence-corrected chi connectivity index (χ1v) is 6.38. The SMILES string of the molecule is CCCc1ccc(/C=C(\N)C(=O)OC)c(OC)c1OC. The summed E-state index contributed by atoms with van der Waals surface area (Å²) in [6.07, 6.45) is 3.40. The minimum Gasteiger partial charge on any atom is -0.493 e. The Morgan fingerprint density at radius 3 is 2.35 bits per heavy atom. The monoisotopic (exact) mass is 279 g/mol. The largest absolute Gasteiger partial charge is 0.493 e. The van der Waals surface area contributed by atoms with Crippen LogP contribution in [0, 0.1) is 0 Å². The number of benzene rings is 1. The van der Waals surface area contributed by atoms with Gasteiger partial charge in [0.05, 0.1) is 21.3 Å². The van der Waals surface area contributed by atoms with Crippen LogP contribution in [0.3, 0.4) is 0 Å². The molecule has 0 saturated carbocycles. The van der Waals surface area contributed by atoms with E-state index in [0.29, 0.717) is 17.1 Å². The molecule has 0 radical (unpaired) electrons. The molecule has 0 spiro atoms. The Balaban J connectivity index is 3.31. The number of hydrogen-bond acceptors (Lipinski definition) is 5. The first-order valence-electron chi connectivity index (χ1n) is 6.38.